The molecule has 0 spiro atoms. The van der Waals surface area contributed by atoms with Crippen molar-refractivity contribution in [3.05, 3.63) is 82.8 Å². The van der Waals surface area contributed by atoms with Crippen LogP contribution in [0, 0.1) is 0 Å². The number of amides is 1. The Balaban J connectivity index is 1.44. The topological polar surface area (TPSA) is 56.4 Å². The molecule has 0 radical (unpaired) electrons. The number of nitrogens with zero attached hydrogens (tertiary/aromatic N) is 1. The molecule has 7 heteroatoms. The second kappa shape index (κ2) is 17.6. The first-order chi connectivity index (χ1) is 19.1. The average molecular weight is 570 g/mol. The van der Waals surface area contributed by atoms with E-state index < -0.39 is 0 Å². The van der Waals surface area contributed by atoms with Gasteiger partial charge in [-0.05, 0) is 48.9 Å². The standard InChI is InChI=1S/C32H42Cl2N4O/c1-2-3-4-5-6-7-8-9-10-11-15-22-32(39)35-26-23-24-31(29(34)25-26)37-38(27-18-13-12-14-19-27)36-30-21-17-16-20-28(30)33/h12-14,16-21,23-25,36-37H,2-11,15,22H2,1H3,(H,35,39). The molecule has 3 aromatic rings. The summed E-state index contributed by atoms with van der Waals surface area (Å²) < 4.78 is 0. The van der Waals surface area contributed by atoms with Crippen LogP contribution in [0.4, 0.5) is 22.7 Å². The van der Waals surface area contributed by atoms with Gasteiger partial charge in [0.2, 0.25) is 5.91 Å². The maximum atomic E-state index is 12.5. The van der Waals surface area contributed by atoms with Crippen LogP contribution in [0.5, 0.6) is 0 Å². The van der Waals surface area contributed by atoms with Gasteiger partial charge in [0.1, 0.15) is 0 Å². The summed E-state index contributed by atoms with van der Waals surface area (Å²) in [7, 11) is 0. The van der Waals surface area contributed by atoms with Crippen molar-refractivity contribution in [2.45, 2.75) is 84.0 Å². The van der Waals surface area contributed by atoms with Gasteiger partial charge >= 0.3 is 0 Å². The highest BCUT2D eigenvalue weighted by molar-refractivity contribution is 6.34. The molecule has 0 atom stereocenters. The van der Waals surface area contributed by atoms with E-state index in [0.29, 0.717) is 27.8 Å². The number of unbranched alkanes of at least 4 members (excludes halogenated alkanes) is 10. The van der Waals surface area contributed by atoms with Gasteiger partial charge in [-0.1, -0.05) is 125 Å². The van der Waals surface area contributed by atoms with E-state index >= 15 is 0 Å². The maximum Gasteiger partial charge on any atom is 0.224 e. The number of halogens is 2. The predicted octanol–water partition coefficient (Wildman–Crippen LogP) is 10.5. The van der Waals surface area contributed by atoms with E-state index in [1.165, 1.54) is 57.8 Å². The van der Waals surface area contributed by atoms with Gasteiger partial charge in [0, 0.05) is 12.1 Å². The van der Waals surface area contributed by atoms with Gasteiger partial charge in [-0.2, -0.15) is 5.12 Å². The van der Waals surface area contributed by atoms with E-state index in [9.17, 15) is 4.79 Å². The number of anilines is 4. The molecule has 3 rings (SSSR count). The number of carbonyl (C=O) groups excluding carboxylic acids is 1. The SMILES string of the molecule is CCCCCCCCCCCCCC(=O)Nc1ccc(NN(Nc2ccccc2Cl)c2ccccc2)c(Cl)c1. The Morgan fingerprint density at radius 3 is 1.85 bits per heavy atom. The number of hydrazine groups is 2. The Kier molecular flexibility index (Phi) is 13.9. The number of carbonyl (C=O) groups is 1. The molecule has 0 saturated heterocycles. The first-order valence-electron chi connectivity index (χ1n) is 14.3. The molecule has 3 aromatic carbocycles. The summed E-state index contributed by atoms with van der Waals surface area (Å²) in [5.41, 5.74) is 9.61. The fourth-order valence-corrected chi connectivity index (χ4v) is 4.78. The molecule has 3 N–H and O–H groups in total. The number of rotatable bonds is 18. The molecule has 0 bridgehead atoms. The third-order valence-corrected chi connectivity index (χ3v) is 7.26. The Bertz CT molecular complexity index is 1130. The number of nitrogens with one attached hydrogen (secondary N) is 3. The highest BCUT2D eigenvalue weighted by atomic mass is 35.5. The summed E-state index contributed by atoms with van der Waals surface area (Å²) in [4.78, 5) is 12.5. The lowest BCUT2D eigenvalue weighted by Crippen LogP contribution is -2.35. The molecule has 1 amide bonds. The summed E-state index contributed by atoms with van der Waals surface area (Å²) in [6.07, 6.45) is 14.4. The summed E-state index contributed by atoms with van der Waals surface area (Å²) in [6, 6.07) is 22.8. The third kappa shape index (κ3) is 11.4. The molecule has 0 unspecified atom stereocenters. The highest BCUT2D eigenvalue weighted by Crippen LogP contribution is 2.29. The Labute approximate surface area is 244 Å². The molecule has 0 aliphatic carbocycles. The van der Waals surface area contributed by atoms with Crippen LogP contribution >= 0.6 is 23.2 Å². The number of benzene rings is 3. The molecule has 0 aliphatic rings. The minimum absolute atomic E-state index is 0.0222. The molecular weight excluding hydrogens is 527 g/mol. The van der Waals surface area contributed by atoms with E-state index in [4.69, 9.17) is 23.2 Å². The molecule has 0 fully saturated rings. The van der Waals surface area contributed by atoms with Crippen molar-refractivity contribution in [2.24, 2.45) is 0 Å². The van der Waals surface area contributed by atoms with Crippen LogP contribution in [0.1, 0.15) is 84.0 Å². The number of para-hydroxylation sites is 2. The Hall–Kier alpha value is -2.89. The van der Waals surface area contributed by atoms with Crippen LogP contribution in [0.25, 0.3) is 0 Å². The smallest absolute Gasteiger partial charge is 0.224 e. The number of hydrogen-bond acceptors (Lipinski definition) is 4. The first kappa shape index (κ1) is 30.6. The molecule has 0 saturated carbocycles. The minimum atomic E-state index is 0.0222. The summed E-state index contributed by atoms with van der Waals surface area (Å²) in [6.45, 7) is 2.26. The van der Waals surface area contributed by atoms with Gasteiger partial charge in [-0.15, -0.1) is 0 Å². The quantitative estimate of drug-likeness (QED) is 0.105. The molecule has 5 nitrogen and oxygen atoms in total. The van der Waals surface area contributed by atoms with Crippen molar-refractivity contribution in [3.63, 3.8) is 0 Å². The van der Waals surface area contributed by atoms with E-state index in [-0.39, 0.29) is 5.91 Å². The minimum Gasteiger partial charge on any atom is -0.326 e. The summed E-state index contributed by atoms with van der Waals surface area (Å²) in [5.74, 6) is 0.0222. The normalized spacial score (nSPS) is 10.7. The number of hydrogen-bond donors (Lipinski definition) is 3. The zero-order chi connectivity index (χ0) is 27.7. The lowest BCUT2D eigenvalue weighted by molar-refractivity contribution is -0.116. The molecule has 0 heterocycles. The largest absolute Gasteiger partial charge is 0.326 e. The van der Waals surface area contributed by atoms with Crippen LogP contribution in [-0.4, -0.2) is 5.91 Å². The van der Waals surface area contributed by atoms with E-state index in [2.05, 4.69) is 23.1 Å². The van der Waals surface area contributed by atoms with Crippen LogP contribution in [0.2, 0.25) is 10.0 Å². The van der Waals surface area contributed by atoms with Crippen molar-refractivity contribution in [2.75, 3.05) is 21.3 Å². The monoisotopic (exact) mass is 568 g/mol. The average Bonchev–Trinajstić information content (AvgIpc) is 2.94. The van der Waals surface area contributed by atoms with Gasteiger partial charge in [0.25, 0.3) is 0 Å². The fraction of sp³-hybridized carbons (Fsp3) is 0.406. The maximum absolute atomic E-state index is 12.5. The zero-order valence-corrected chi connectivity index (χ0v) is 24.5. The highest BCUT2D eigenvalue weighted by Gasteiger charge is 2.12. The van der Waals surface area contributed by atoms with Gasteiger partial charge < -0.3 is 5.32 Å². The van der Waals surface area contributed by atoms with E-state index in [1.807, 2.05) is 66.7 Å². The van der Waals surface area contributed by atoms with Crippen molar-refractivity contribution in [1.29, 1.82) is 0 Å². The lowest BCUT2D eigenvalue weighted by Gasteiger charge is -2.28. The van der Waals surface area contributed by atoms with Crippen molar-refractivity contribution < 1.29 is 4.79 Å². The van der Waals surface area contributed by atoms with Crippen LogP contribution in [-0.2, 0) is 4.79 Å². The molecule has 0 aliphatic heterocycles. The summed E-state index contributed by atoms with van der Waals surface area (Å²) >= 11 is 13.0. The van der Waals surface area contributed by atoms with Crippen molar-refractivity contribution in [1.82, 2.24) is 0 Å². The van der Waals surface area contributed by atoms with Gasteiger partial charge in [0.15, 0.2) is 0 Å². The van der Waals surface area contributed by atoms with E-state index in [1.54, 1.807) is 11.2 Å². The van der Waals surface area contributed by atoms with Gasteiger partial charge in [0.05, 0.1) is 27.1 Å². The third-order valence-electron chi connectivity index (χ3n) is 6.61. The van der Waals surface area contributed by atoms with Crippen molar-refractivity contribution in [3.8, 4) is 0 Å². The second-order valence-electron chi connectivity index (χ2n) is 9.90. The van der Waals surface area contributed by atoms with E-state index in [0.717, 1.165) is 24.2 Å². The fourth-order valence-electron chi connectivity index (χ4n) is 4.38. The van der Waals surface area contributed by atoms with Crippen molar-refractivity contribution >= 4 is 51.9 Å². The van der Waals surface area contributed by atoms with Crippen LogP contribution < -0.4 is 21.3 Å². The zero-order valence-electron chi connectivity index (χ0n) is 23.0. The van der Waals surface area contributed by atoms with Crippen LogP contribution in [0.3, 0.4) is 0 Å². The second-order valence-corrected chi connectivity index (χ2v) is 10.7. The lowest BCUT2D eigenvalue weighted by atomic mass is 10.1. The Morgan fingerprint density at radius 2 is 1.23 bits per heavy atom. The van der Waals surface area contributed by atoms with Gasteiger partial charge in [-0.25, -0.2) is 0 Å². The Morgan fingerprint density at radius 1 is 0.667 bits per heavy atom. The molecular formula is C32H42Cl2N4O. The van der Waals surface area contributed by atoms with Crippen LogP contribution in [0.15, 0.2) is 72.8 Å². The first-order valence-corrected chi connectivity index (χ1v) is 15.0. The molecule has 210 valence electrons. The predicted molar refractivity (Wildman–Crippen MR) is 169 cm³/mol. The molecule has 39 heavy (non-hydrogen) atoms. The van der Waals surface area contributed by atoms with Gasteiger partial charge in [-0.3, -0.25) is 15.6 Å². The molecule has 0 aromatic heterocycles. The summed E-state index contributed by atoms with van der Waals surface area (Å²) in [5, 5.41) is 5.83.